The van der Waals surface area contributed by atoms with Gasteiger partial charge < -0.3 is 9.47 Å². The second kappa shape index (κ2) is 7.50. The first kappa shape index (κ1) is 18.5. The smallest absolute Gasteiger partial charge is 0.166 e. The van der Waals surface area contributed by atoms with E-state index >= 15 is 0 Å². The van der Waals surface area contributed by atoms with Crippen molar-refractivity contribution in [1.29, 1.82) is 0 Å². The van der Waals surface area contributed by atoms with Gasteiger partial charge in [0.05, 0.1) is 13.2 Å². The summed E-state index contributed by atoms with van der Waals surface area (Å²) in [5.74, 6) is -1.40. The number of aryl methyl sites for hydroxylation is 1. The topological polar surface area (TPSA) is 18.5 Å². The van der Waals surface area contributed by atoms with E-state index in [9.17, 15) is 13.2 Å². The van der Waals surface area contributed by atoms with Gasteiger partial charge in [-0.3, -0.25) is 0 Å². The van der Waals surface area contributed by atoms with E-state index < -0.39 is 23.6 Å². The molecule has 1 aliphatic heterocycles. The minimum atomic E-state index is -1.39. The first-order valence-corrected chi connectivity index (χ1v) is 9.06. The molecule has 2 aliphatic rings. The molecule has 1 aromatic rings. The fourth-order valence-corrected chi connectivity index (χ4v) is 3.49. The highest BCUT2D eigenvalue weighted by atomic mass is 19.2. The van der Waals surface area contributed by atoms with Crippen LogP contribution < -0.4 is 0 Å². The predicted molar refractivity (Wildman–Crippen MR) is 90.9 cm³/mol. The van der Waals surface area contributed by atoms with Crippen LogP contribution in [0.4, 0.5) is 13.2 Å². The van der Waals surface area contributed by atoms with Crippen molar-refractivity contribution in [2.24, 2.45) is 5.92 Å². The Morgan fingerprint density at radius 1 is 1.12 bits per heavy atom. The van der Waals surface area contributed by atoms with Gasteiger partial charge in [0, 0.05) is 11.5 Å². The summed E-state index contributed by atoms with van der Waals surface area (Å²) in [4.78, 5) is 0. The number of ether oxygens (including phenoxy) is 2. The van der Waals surface area contributed by atoms with E-state index in [0.29, 0.717) is 36.8 Å². The monoisotopic (exact) mass is 354 g/mol. The molecule has 0 aromatic heterocycles. The van der Waals surface area contributed by atoms with Crippen LogP contribution in [0.1, 0.15) is 50.7 Å². The third kappa shape index (κ3) is 3.77. The van der Waals surface area contributed by atoms with Gasteiger partial charge in [-0.25, -0.2) is 13.2 Å². The maximum atomic E-state index is 14.3. The Hall–Kier alpha value is -1.33. The zero-order chi connectivity index (χ0) is 18.0. The van der Waals surface area contributed by atoms with Crippen molar-refractivity contribution in [2.45, 2.75) is 57.9 Å². The number of rotatable bonds is 4. The van der Waals surface area contributed by atoms with E-state index in [2.05, 4.69) is 0 Å². The van der Waals surface area contributed by atoms with E-state index in [1.165, 1.54) is 0 Å². The lowest BCUT2D eigenvalue weighted by atomic mass is 9.85. The molecule has 0 N–H and O–H groups in total. The first-order valence-electron chi connectivity index (χ1n) is 9.06. The van der Waals surface area contributed by atoms with Crippen LogP contribution >= 0.6 is 0 Å². The molecule has 25 heavy (non-hydrogen) atoms. The van der Waals surface area contributed by atoms with Crippen LogP contribution in [-0.2, 0) is 15.9 Å². The Morgan fingerprint density at radius 3 is 2.40 bits per heavy atom. The Morgan fingerprint density at radius 2 is 1.84 bits per heavy atom. The molecule has 1 unspecified atom stereocenters. The fraction of sp³-hybridized carbons (Fsp3) is 0.600. The molecule has 0 saturated carbocycles. The standard InChI is InChI=1S/C20H25F3O2/c1-3-13-9-10-16(18(22)17(13)21)14-5-7-15(8-6-14)19-24-11-20(23,4-2)12-25-19/h5,9-10,15,19H,3-4,6-8,11-12H2,1-2H3. The molecular formula is C20H25F3O2. The lowest BCUT2D eigenvalue weighted by molar-refractivity contribution is -0.253. The molecule has 3 rings (SSSR count). The van der Waals surface area contributed by atoms with Gasteiger partial charge in [0.2, 0.25) is 0 Å². The van der Waals surface area contributed by atoms with Gasteiger partial charge in [0.25, 0.3) is 0 Å². The quantitative estimate of drug-likeness (QED) is 0.740. The Balaban J connectivity index is 1.67. The highest BCUT2D eigenvalue weighted by Gasteiger charge is 2.38. The molecule has 138 valence electrons. The number of halogens is 3. The minimum Gasteiger partial charge on any atom is -0.349 e. The number of allylic oxidation sites excluding steroid dienone is 2. The van der Waals surface area contributed by atoms with Gasteiger partial charge in [-0.05, 0) is 43.2 Å². The van der Waals surface area contributed by atoms with Gasteiger partial charge in [0.15, 0.2) is 23.6 Å². The number of hydrogen-bond acceptors (Lipinski definition) is 2. The Bertz CT molecular complexity index is 649. The lowest BCUT2D eigenvalue weighted by Crippen LogP contribution is -2.46. The van der Waals surface area contributed by atoms with Crippen molar-refractivity contribution in [1.82, 2.24) is 0 Å². The van der Waals surface area contributed by atoms with E-state index in [0.717, 1.165) is 12.0 Å². The van der Waals surface area contributed by atoms with E-state index in [1.807, 2.05) is 6.08 Å². The first-order chi connectivity index (χ1) is 12.0. The maximum Gasteiger partial charge on any atom is 0.166 e. The van der Waals surface area contributed by atoms with Crippen LogP contribution in [0.5, 0.6) is 0 Å². The highest BCUT2D eigenvalue weighted by molar-refractivity contribution is 5.67. The second-order valence-electron chi connectivity index (χ2n) is 7.01. The zero-order valence-corrected chi connectivity index (χ0v) is 14.8. The zero-order valence-electron chi connectivity index (χ0n) is 14.8. The van der Waals surface area contributed by atoms with Crippen LogP contribution in [-0.4, -0.2) is 25.2 Å². The van der Waals surface area contributed by atoms with Crippen molar-refractivity contribution in [2.75, 3.05) is 13.2 Å². The summed E-state index contributed by atoms with van der Waals surface area (Å²) < 4.78 is 53.6. The average molecular weight is 354 g/mol. The summed E-state index contributed by atoms with van der Waals surface area (Å²) in [6.07, 6.45) is 4.38. The molecule has 1 heterocycles. The third-order valence-electron chi connectivity index (χ3n) is 5.37. The van der Waals surface area contributed by atoms with Gasteiger partial charge >= 0.3 is 0 Å². The number of benzene rings is 1. The molecule has 2 nitrogen and oxygen atoms in total. The maximum absolute atomic E-state index is 14.3. The molecule has 0 amide bonds. The van der Waals surface area contributed by atoms with Gasteiger partial charge in [-0.1, -0.05) is 32.1 Å². The molecule has 0 spiro atoms. The SMILES string of the molecule is CCc1ccc(C2=CCC(C3OCC(F)(CC)CO3)CC2)c(F)c1F. The summed E-state index contributed by atoms with van der Waals surface area (Å²) in [6, 6.07) is 3.31. The number of hydrogen-bond donors (Lipinski definition) is 0. The lowest BCUT2D eigenvalue weighted by Gasteiger charge is -2.38. The van der Waals surface area contributed by atoms with Crippen molar-refractivity contribution in [3.63, 3.8) is 0 Å². The minimum absolute atomic E-state index is 0.0551. The van der Waals surface area contributed by atoms with Crippen LogP contribution in [0.15, 0.2) is 18.2 Å². The molecule has 0 radical (unpaired) electrons. The molecule has 1 aromatic carbocycles. The molecular weight excluding hydrogens is 329 g/mol. The summed E-state index contributed by atoms with van der Waals surface area (Å²) in [7, 11) is 0. The fourth-order valence-electron chi connectivity index (χ4n) is 3.49. The summed E-state index contributed by atoms with van der Waals surface area (Å²) in [5, 5.41) is 0. The van der Waals surface area contributed by atoms with Crippen molar-refractivity contribution in [3.8, 4) is 0 Å². The van der Waals surface area contributed by atoms with Crippen molar-refractivity contribution in [3.05, 3.63) is 41.0 Å². The molecule has 5 heteroatoms. The van der Waals surface area contributed by atoms with Gasteiger partial charge in [-0.2, -0.15) is 0 Å². The Kier molecular flexibility index (Phi) is 5.54. The van der Waals surface area contributed by atoms with Crippen molar-refractivity contribution >= 4 is 5.57 Å². The molecule has 1 atom stereocenters. The summed E-state index contributed by atoms with van der Waals surface area (Å²) in [5.41, 5.74) is 0.158. The van der Waals surface area contributed by atoms with Gasteiger partial charge in [-0.15, -0.1) is 0 Å². The second-order valence-corrected chi connectivity index (χ2v) is 7.01. The number of alkyl halides is 1. The van der Waals surface area contributed by atoms with Crippen LogP contribution in [0, 0.1) is 17.6 Å². The van der Waals surface area contributed by atoms with Crippen LogP contribution in [0.2, 0.25) is 0 Å². The predicted octanol–water partition coefficient (Wildman–Crippen LogP) is 5.20. The average Bonchev–Trinajstić information content (AvgIpc) is 2.65. The molecule has 0 bridgehead atoms. The molecule has 1 saturated heterocycles. The summed E-state index contributed by atoms with van der Waals surface area (Å²) in [6.45, 7) is 3.69. The van der Waals surface area contributed by atoms with E-state index in [-0.39, 0.29) is 19.1 Å². The molecule has 1 aliphatic carbocycles. The van der Waals surface area contributed by atoms with Crippen molar-refractivity contribution < 1.29 is 22.6 Å². The normalized spacial score (nSPS) is 30.2. The highest BCUT2D eigenvalue weighted by Crippen LogP contribution is 2.37. The third-order valence-corrected chi connectivity index (χ3v) is 5.37. The summed E-state index contributed by atoms with van der Waals surface area (Å²) >= 11 is 0. The van der Waals surface area contributed by atoms with Crippen LogP contribution in [0.25, 0.3) is 5.57 Å². The van der Waals surface area contributed by atoms with Crippen LogP contribution in [0.3, 0.4) is 0 Å². The van der Waals surface area contributed by atoms with E-state index in [4.69, 9.17) is 9.47 Å². The largest absolute Gasteiger partial charge is 0.349 e. The Labute approximate surface area is 147 Å². The van der Waals surface area contributed by atoms with E-state index in [1.54, 1.807) is 26.0 Å². The van der Waals surface area contributed by atoms with Gasteiger partial charge in [0.1, 0.15) is 0 Å². The molecule has 1 fully saturated rings.